The minimum atomic E-state index is 0.0555. The molecule has 1 N–H and O–H groups in total. The van der Waals surface area contributed by atoms with Crippen molar-refractivity contribution in [1.29, 1.82) is 0 Å². The molecule has 0 saturated carbocycles. The third kappa shape index (κ3) is 2.43. The summed E-state index contributed by atoms with van der Waals surface area (Å²) >= 11 is 5.83. The summed E-state index contributed by atoms with van der Waals surface area (Å²) in [7, 11) is 0. The van der Waals surface area contributed by atoms with Crippen molar-refractivity contribution in [3.63, 3.8) is 0 Å². The zero-order valence-corrected chi connectivity index (χ0v) is 9.15. The highest BCUT2D eigenvalue weighted by molar-refractivity contribution is 6.30. The van der Waals surface area contributed by atoms with Gasteiger partial charge in [0.25, 0.3) is 0 Å². The van der Waals surface area contributed by atoms with Gasteiger partial charge in [0.05, 0.1) is 25.9 Å². The van der Waals surface area contributed by atoms with Crippen LogP contribution >= 0.6 is 11.6 Å². The summed E-state index contributed by atoms with van der Waals surface area (Å²) in [5.41, 5.74) is 1.08. The lowest BCUT2D eigenvalue weighted by molar-refractivity contribution is 0.0727. The molecule has 1 heterocycles. The lowest BCUT2D eigenvalue weighted by atomic mass is 10.2. The van der Waals surface area contributed by atoms with Gasteiger partial charge >= 0.3 is 0 Å². The Bertz CT molecular complexity index is 315. The summed E-state index contributed by atoms with van der Waals surface area (Å²) in [4.78, 5) is 2.15. The van der Waals surface area contributed by atoms with Crippen LogP contribution in [0.25, 0.3) is 0 Å². The van der Waals surface area contributed by atoms with Crippen LogP contribution in [0, 0.1) is 0 Å². The molecule has 0 aromatic heterocycles. The van der Waals surface area contributed by atoms with E-state index in [2.05, 4.69) is 4.90 Å². The molecule has 4 heteroatoms. The Kier molecular flexibility index (Phi) is 3.46. The molecule has 15 heavy (non-hydrogen) atoms. The Morgan fingerprint density at radius 1 is 1.40 bits per heavy atom. The maximum Gasteiger partial charge on any atom is 0.0755 e. The van der Waals surface area contributed by atoms with Crippen LogP contribution in [-0.2, 0) is 4.74 Å². The van der Waals surface area contributed by atoms with Crippen LogP contribution in [0.4, 0.5) is 5.69 Å². The first-order valence-corrected chi connectivity index (χ1v) is 5.40. The molecule has 0 radical (unpaired) electrons. The summed E-state index contributed by atoms with van der Waals surface area (Å²) < 4.78 is 5.32. The first-order valence-electron chi connectivity index (χ1n) is 5.02. The smallest absolute Gasteiger partial charge is 0.0755 e. The number of aliphatic hydroxyl groups is 1. The van der Waals surface area contributed by atoms with Crippen LogP contribution in [0.2, 0.25) is 5.02 Å². The van der Waals surface area contributed by atoms with E-state index in [1.807, 2.05) is 24.3 Å². The lowest BCUT2D eigenvalue weighted by Gasteiger charge is -2.36. The molecule has 1 saturated heterocycles. The number of anilines is 1. The topological polar surface area (TPSA) is 32.7 Å². The highest BCUT2D eigenvalue weighted by Gasteiger charge is 2.22. The molecule has 1 atom stereocenters. The second-order valence-corrected chi connectivity index (χ2v) is 4.02. The van der Waals surface area contributed by atoms with E-state index in [1.165, 1.54) is 0 Å². The molecule has 0 bridgehead atoms. The molecule has 1 fully saturated rings. The number of hydrogen-bond acceptors (Lipinski definition) is 3. The summed E-state index contributed by atoms with van der Waals surface area (Å²) in [6.07, 6.45) is 0. The van der Waals surface area contributed by atoms with Gasteiger partial charge in [-0.25, -0.2) is 0 Å². The quantitative estimate of drug-likeness (QED) is 0.832. The van der Waals surface area contributed by atoms with Crippen LogP contribution in [0.1, 0.15) is 0 Å². The number of nitrogens with zero attached hydrogens (tertiary/aromatic N) is 1. The Hall–Kier alpha value is -0.770. The van der Waals surface area contributed by atoms with E-state index in [0.29, 0.717) is 13.2 Å². The van der Waals surface area contributed by atoms with E-state index >= 15 is 0 Å². The maximum atomic E-state index is 9.23. The number of benzene rings is 1. The predicted molar refractivity (Wildman–Crippen MR) is 60.5 cm³/mol. The van der Waals surface area contributed by atoms with E-state index in [1.54, 1.807) is 0 Å². The van der Waals surface area contributed by atoms with Crippen molar-refractivity contribution < 1.29 is 9.84 Å². The summed E-state index contributed by atoms with van der Waals surface area (Å²) in [5, 5.41) is 9.96. The summed E-state index contributed by atoms with van der Waals surface area (Å²) in [5.74, 6) is 0. The molecule has 1 unspecified atom stereocenters. The Labute approximate surface area is 94.2 Å². The maximum absolute atomic E-state index is 9.23. The third-order valence-corrected chi connectivity index (χ3v) is 2.85. The molecular formula is C11H14ClNO2. The van der Waals surface area contributed by atoms with E-state index in [0.717, 1.165) is 17.3 Å². The highest BCUT2D eigenvalue weighted by atomic mass is 35.5. The van der Waals surface area contributed by atoms with Gasteiger partial charge in [0.1, 0.15) is 0 Å². The van der Waals surface area contributed by atoms with E-state index in [9.17, 15) is 5.11 Å². The molecule has 0 aliphatic carbocycles. The molecule has 3 nitrogen and oxygen atoms in total. The molecule has 0 spiro atoms. The number of aliphatic hydroxyl groups excluding tert-OH is 1. The van der Waals surface area contributed by atoms with Crippen LogP contribution in [0.15, 0.2) is 24.3 Å². The van der Waals surface area contributed by atoms with Gasteiger partial charge in [-0.15, -0.1) is 0 Å². The molecule has 1 aliphatic heterocycles. The third-order valence-electron chi connectivity index (χ3n) is 2.60. The monoisotopic (exact) mass is 227 g/mol. The van der Waals surface area contributed by atoms with Gasteiger partial charge in [0.2, 0.25) is 0 Å². The SMILES string of the molecule is OCC1COCCN1c1ccc(Cl)cc1. The van der Waals surface area contributed by atoms with E-state index in [-0.39, 0.29) is 12.6 Å². The van der Waals surface area contributed by atoms with Gasteiger partial charge in [-0.05, 0) is 24.3 Å². The predicted octanol–water partition coefficient (Wildman–Crippen LogP) is 1.54. The molecule has 1 aromatic rings. The molecule has 2 rings (SSSR count). The average Bonchev–Trinajstić information content (AvgIpc) is 2.30. The second-order valence-electron chi connectivity index (χ2n) is 3.58. The molecule has 1 aromatic carbocycles. The van der Waals surface area contributed by atoms with Gasteiger partial charge in [-0.1, -0.05) is 11.6 Å². The van der Waals surface area contributed by atoms with Crippen molar-refractivity contribution in [2.75, 3.05) is 31.3 Å². The largest absolute Gasteiger partial charge is 0.394 e. The van der Waals surface area contributed by atoms with E-state index in [4.69, 9.17) is 16.3 Å². The summed E-state index contributed by atoms with van der Waals surface area (Å²) in [6, 6.07) is 7.72. The van der Waals surface area contributed by atoms with Gasteiger partial charge in [-0.2, -0.15) is 0 Å². The number of morpholine rings is 1. The number of ether oxygens (including phenoxy) is 1. The van der Waals surface area contributed by atoms with Crippen LogP contribution in [0.5, 0.6) is 0 Å². The van der Waals surface area contributed by atoms with Crippen molar-refractivity contribution in [1.82, 2.24) is 0 Å². The van der Waals surface area contributed by atoms with Crippen LogP contribution in [-0.4, -0.2) is 37.5 Å². The number of hydrogen-bond donors (Lipinski definition) is 1. The first kappa shape index (κ1) is 10.7. The zero-order valence-electron chi connectivity index (χ0n) is 8.40. The minimum Gasteiger partial charge on any atom is -0.394 e. The Morgan fingerprint density at radius 3 is 2.80 bits per heavy atom. The van der Waals surface area contributed by atoms with Gasteiger partial charge in [0.15, 0.2) is 0 Å². The fourth-order valence-electron chi connectivity index (χ4n) is 1.78. The van der Waals surface area contributed by atoms with Crippen LogP contribution in [0.3, 0.4) is 0 Å². The first-order chi connectivity index (χ1) is 7.31. The zero-order chi connectivity index (χ0) is 10.7. The highest BCUT2D eigenvalue weighted by Crippen LogP contribution is 2.21. The average molecular weight is 228 g/mol. The molecule has 0 amide bonds. The van der Waals surface area contributed by atoms with Crippen molar-refractivity contribution in [3.05, 3.63) is 29.3 Å². The fourth-order valence-corrected chi connectivity index (χ4v) is 1.90. The molecular weight excluding hydrogens is 214 g/mol. The molecule has 82 valence electrons. The number of rotatable bonds is 2. The molecule has 1 aliphatic rings. The van der Waals surface area contributed by atoms with Crippen molar-refractivity contribution >= 4 is 17.3 Å². The normalized spacial score (nSPS) is 21.7. The van der Waals surface area contributed by atoms with Crippen LogP contribution < -0.4 is 4.90 Å². The lowest BCUT2D eigenvalue weighted by Crippen LogP contribution is -2.47. The van der Waals surface area contributed by atoms with Crippen molar-refractivity contribution in [2.24, 2.45) is 0 Å². The Balaban J connectivity index is 2.16. The number of halogens is 1. The van der Waals surface area contributed by atoms with Crippen molar-refractivity contribution in [3.8, 4) is 0 Å². The van der Waals surface area contributed by atoms with Crippen molar-refractivity contribution in [2.45, 2.75) is 6.04 Å². The van der Waals surface area contributed by atoms with Gasteiger partial charge in [-0.3, -0.25) is 0 Å². The second kappa shape index (κ2) is 4.84. The van der Waals surface area contributed by atoms with E-state index < -0.39 is 0 Å². The van der Waals surface area contributed by atoms with Gasteiger partial charge in [0, 0.05) is 17.3 Å². The fraction of sp³-hybridized carbons (Fsp3) is 0.455. The van der Waals surface area contributed by atoms with Gasteiger partial charge < -0.3 is 14.7 Å². The standard InChI is InChI=1S/C11H14ClNO2/c12-9-1-3-10(4-2-9)13-5-6-15-8-11(13)7-14/h1-4,11,14H,5-8H2. The summed E-state index contributed by atoms with van der Waals surface area (Å²) in [6.45, 7) is 2.22. The Morgan fingerprint density at radius 2 is 2.13 bits per heavy atom. The minimum absolute atomic E-state index is 0.0555.